The fourth-order valence-corrected chi connectivity index (χ4v) is 5.11. The molecule has 0 saturated heterocycles. The molecule has 4 aliphatic rings. The van der Waals surface area contributed by atoms with E-state index in [4.69, 9.17) is 0 Å². The third-order valence-electron chi connectivity index (χ3n) is 5.50. The highest BCUT2D eigenvalue weighted by Gasteiger charge is 2.57. The largest absolute Gasteiger partial charge is 0.350 e. The average molecular weight is 250 g/mol. The van der Waals surface area contributed by atoms with Gasteiger partial charge in [-0.15, -0.1) is 0 Å². The fraction of sp³-hybridized carbons (Fsp3) is 0.933. The highest BCUT2D eigenvalue weighted by Crippen LogP contribution is 2.57. The molecular weight excluding hydrogens is 224 g/mol. The van der Waals surface area contributed by atoms with Crippen LogP contribution in [0.3, 0.4) is 0 Å². The molecule has 0 spiro atoms. The van der Waals surface area contributed by atoms with Crippen LogP contribution in [0.1, 0.15) is 52.4 Å². The Hall–Kier alpha value is -0.570. The van der Waals surface area contributed by atoms with Gasteiger partial charge in [0.2, 0.25) is 5.91 Å². The van der Waals surface area contributed by atoms with E-state index in [2.05, 4.69) is 17.7 Å². The summed E-state index contributed by atoms with van der Waals surface area (Å²) in [6.45, 7) is 3.98. The maximum absolute atomic E-state index is 12.1. The molecule has 102 valence electrons. The first-order valence-electron chi connectivity index (χ1n) is 7.47. The van der Waals surface area contributed by atoms with Crippen molar-refractivity contribution in [2.45, 2.75) is 63.5 Å². The first kappa shape index (κ1) is 12.5. The molecule has 3 heteroatoms. The van der Waals surface area contributed by atoms with Gasteiger partial charge in [-0.3, -0.25) is 4.79 Å². The van der Waals surface area contributed by atoms with Crippen molar-refractivity contribution in [1.29, 1.82) is 0 Å². The van der Waals surface area contributed by atoms with E-state index in [1.807, 2.05) is 13.8 Å². The molecule has 3 nitrogen and oxygen atoms in total. The van der Waals surface area contributed by atoms with Crippen LogP contribution in [0.5, 0.6) is 0 Å². The Morgan fingerprint density at radius 2 is 1.67 bits per heavy atom. The van der Waals surface area contributed by atoms with Gasteiger partial charge in [-0.2, -0.15) is 0 Å². The van der Waals surface area contributed by atoms with Crippen LogP contribution >= 0.6 is 0 Å². The molecule has 2 N–H and O–H groups in total. The van der Waals surface area contributed by atoms with Crippen LogP contribution in [0, 0.1) is 17.8 Å². The minimum atomic E-state index is 0.101. The van der Waals surface area contributed by atoms with Crippen LogP contribution in [0.2, 0.25) is 0 Å². The molecule has 0 heterocycles. The zero-order chi connectivity index (χ0) is 13.0. The minimum Gasteiger partial charge on any atom is -0.350 e. The lowest BCUT2D eigenvalue weighted by atomic mass is 9.50. The van der Waals surface area contributed by atoms with Crippen molar-refractivity contribution in [2.24, 2.45) is 17.8 Å². The molecule has 4 fully saturated rings. The molecule has 4 rings (SSSR count). The van der Waals surface area contributed by atoms with Crippen LogP contribution < -0.4 is 10.6 Å². The first-order valence-corrected chi connectivity index (χ1v) is 7.47. The quantitative estimate of drug-likeness (QED) is 0.805. The molecule has 2 atom stereocenters. The van der Waals surface area contributed by atoms with Crippen LogP contribution in [-0.2, 0) is 4.79 Å². The van der Waals surface area contributed by atoms with Crippen LogP contribution in [0.15, 0.2) is 0 Å². The Morgan fingerprint density at radius 1 is 1.11 bits per heavy atom. The van der Waals surface area contributed by atoms with E-state index in [9.17, 15) is 4.79 Å². The summed E-state index contributed by atoms with van der Waals surface area (Å²) in [6, 6.07) is 0. The molecule has 0 radical (unpaired) electrons. The minimum absolute atomic E-state index is 0.101. The number of rotatable bonds is 3. The van der Waals surface area contributed by atoms with Crippen LogP contribution in [0.25, 0.3) is 0 Å². The monoisotopic (exact) mass is 250 g/mol. The number of carbonyl (C=O) groups is 1. The number of hydrogen-bond donors (Lipinski definition) is 2. The first-order chi connectivity index (χ1) is 8.46. The van der Waals surface area contributed by atoms with Gasteiger partial charge >= 0.3 is 0 Å². The van der Waals surface area contributed by atoms with E-state index >= 15 is 0 Å². The predicted molar refractivity (Wildman–Crippen MR) is 72.2 cm³/mol. The summed E-state index contributed by atoms with van der Waals surface area (Å²) in [5.41, 5.74) is 0.419. The Morgan fingerprint density at radius 3 is 2.17 bits per heavy atom. The fourth-order valence-electron chi connectivity index (χ4n) is 5.11. The van der Waals surface area contributed by atoms with Crippen LogP contribution in [-0.4, -0.2) is 24.0 Å². The third-order valence-corrected chi connectivity index (χ3v) is 5.50. The Kier molecular flexibility index (Phi) is 2.74. The van der Waals surface area contributed by atoms with Gasteiger partial charge in [-0.05, 0) is 57.4 Å². The van der Waals surface area contributed by atoms with Gasteiger partial charge in [0.05, 0.1) is 0 Å². The lowest BCUT2D eigenvalue weighted by Gasteiger charge is -2.62. The molecule has 0 aromatic heterocycles. The van der Waals surface area contributed by atoms with Gasteiger partial charge in [0.25, 0.3) is 0 Å². The van der Waals surface area contributed by atoms with Gasteiger partial charge in [0, 0.05) is 17.0 Å². The highest BCUT2D eigenvalue weighted by atomic mass is 16.2. The van der Waals surface area contributed by atoms with Crippen molar-refractivity contribution in [3.05, 3.63) is 0 Å². The normalized spacial score (nSPS) is 45.6. The molecule has 4 saturated carbocycles. The summed E-state index contributed by atoms with van der Waals surface area (Å²) in [7, 11) is 2.10. The lowest BCUT2D eigenvalue weighted by Crippen LogP contribution is -2.69. The molecule has 18 heavy (non-hydrogen) atoms. The predicted octanol–water partition coefficient (Wildman–Crippen LogP) is 2.07. The summed E-state index contributed by atoms with van der Waals surface area (Å²) in [5, 5.41) is 6.99. The van der Waals surface area contributed by atoms with E-state index in [-0.39, 0.29) is 17.4 Å². The van der Waals surface area contributed by atoms with Crippen molar-refractivity contribution < 1.29 is 4.79 Å². The van der Waals surface area contributed by atoms with Crippen LogP contribution in [0.4, 0.5) is 0 Å². The van der Waals surface area contributed by atoms with Gasteiger partial charge in [0.15, 0.2) is 0 Å². The third kappa shape index (κ3) is 1.87. The smallest absolute Gasteiger partial charge is 0.222 e. The maximum Gasteiger partial charge on any atom is 0.222 e. The Bertz CT molecular complexity index is 350. The van der Waals surface area contributed by atoms with E-state index in [1.165, 1.54) is 32.1 Å². The van der Waals surface area contributed by atoms with Crippen molar-refractivity contribution in [3.63, 3.8) is 0 Å². The number of nitrogens with one attached hydrogen (secondary N) is 2. The summed E-state index contributed by atoms with van der Waals surface area (Å²) < 4.78 is 0. The molecule has 0 aromatic rings. The summed E-state index contributed by atoms with van der Waals surface area (Å²) in [4.78, 5) is 12.1. The second-order valence-corrected chi connectivity index (χ2v) is 7.42. The van der Waals surface area contributed by atoms with Crippen molar-refractivity contribution in [2.75, 3.05) is 7.05 Å². The number of carbonyl (C=O) groups excluding carboxylic acids is 1. The molecule has 4 bridgehead atoms. The van der Waals surface area contributed by atoms with Gasteiger partial charge in [-0.25, -0.2) is 0 Å². The van der Waals surface area contributed by atoms with E-state index in [0.717, 1.165) is 18.3 Å². The second-order valence-electron chi connectivity index (χ2n) is 7.42. The summed E-state index contributed by atoms with van der Waals surface area (Å²) in [5.74, 6) is 1.99. The molecule has 0 aliphatic heterocycles. The summed E-state index contributed by atoms with van der Waals surface area (Å²) >= 11 is 0. The molecule has 4 aliphatic carbocycles. The van der Waals surface area contributed by atoms with Crippen molar-refractivity contribution in [1.82, 2.24) is 10.6 Å². The van der Waals surface area contributed by atoms with E-state index in [1.54, 1.807) is 0 Å². The highest BCUT2D eigenvalue weighted by molar-refractivity contribution is 5.78. The Balaban J connectivity index is 1.82. The van der Waals surface area contributed by atoms with Gasteiger partial charge < -0.3 is 10.6 Å². The molecular formula is C15H26N2O. The van der Waals surface area contributed by atoms with Gasteiger partial charge in [0.1, 0.15) is 0 Å². The Labute approximate surface area is 110 Å². The number of hydrogen-bond acceptors (Lipinski definition) is 2. The zero-order valence-corrected chi connectivity index (χ0v) is 11.9. The molecule has 1 amide bonds. The number of amides is 1. The van der Waals surface area contributed by atoms with Gasteiger partial charge in [-0.1, -0.05) is 13.8 Å². The second kappa shape index (κ2) is 3.96. The average Bonchev–Trinajstić information content (AvgIpc) is 2.26. The molecule has 2 unspecified atom stereocenters. The maximum atomic E-state index is 12.1. The molecule has 0 aromatic carbocycles. The van der Waals surface area contributed by atoms with E-state index in [0.29, 0.717) is 5.54 Å². The standard InChI is InChI=1S/C15H26N2O/c1-10(2)13(18)17-15-7-11-4-12(8-15)6-14(5-11,9-15)16-3/h10-12,16H,4-9H2,1-3H3,(H,17,18). The SMILES string of the molecule is CNC12CC3CC(C1)CC(NC(=O)C(C)C)(C3)C2. The lowest BCUT2D eigenvalue weighted by molar-refractivity contribution is -0.131. The summed E-state index contributed by atoms with van der Waals surface area (Å²) in [6.07, 6.45) is 7.60. The zero-order valence-electron chi connectivity index (χ0n) is 11.9. The van der Waals surface area contributed by atoms with Crippen molar-refractivity contribution >= 4 is 5.91 Å². The van der Waals surface area contributed by atoms with Crippen molar-refractivity contribution in [3.8, 4) is 0 Å². The topological polar surface area (TPSA) is 41.1 Å². The van der Waals surface area contributed by atoms with E-state index < -0.39 is 0 Å².